The van der Waals surface area contributed by atoms with E-state index in [0.29, 0.717) is 17.1 Å². The summed E-state index contributed by atoms with van der Waals surface area (Å²) in [5.74, 6) is -0.433. The molecule has 0 spiro atoms. The molecule has 0 saturated carbocycles. The largest absolute Gasteiger partial charge is 0.493 e. The van der Waals surface area contributed by atoms with Crippen LogP contribution in [0.1, 0.15) is 39.7 Å². The molecule has 4 aliphatic rings. The molecular weight excluding hydrogens is 543 g/mol. The number of hydrogen-bond acceptors (Lipinski definition) is 5. The Hall–Kier alpha value is -3.20. The van der Waals surface area contributed by atoms with Crippen LogP contribution in [0.25, 0.3) is 0 Å². The predicted octanol–water partition coefficient (Wildman–Crippen LogP) is 4.53. The summed E-state index contributed by atoms with van der Waals surface area (Å²) >= 11 is 2.16. The van der Waals surface area contributed by atoms with Gasteiger partial charge in [0, 0.05) is 11.8 Å². The Labute approximate surface area is 210 Å². The number of halogens is 1. The van der Waals surface area contributed by atoms with Crippen molar-refractivity contribution in [2.75, 3.05) is 14.2 Å². The maximum absolute atomic E-state index is 13.6. The fourth-order valence-electron chi connectivity index (χ4n) is 5.91. The second kappa shape index (κ2) is 7.94. The molecule has 3 aromatic rings. The molecule has 1 aliphatic heterocycles. The molecule has 7 heteroatoms. The molecular formula is C27H21IN2O4. The minimum atomic E-state index is -0.440. The topological polar surface area (TPSA) is 68.2 Å². The Balaban J connectivity index is 1.40. The number of nitrogens with zero attached hydrogens (tertiary/aromatic N) is 2. The molecule has 0 unspecified atom stereocenters. The molecule has 7 rings (SSSR count). The molecule has 2 bridgehead atoms. The van der Waals surface area contributed by atoms with Crippen LogP contribution in [0.4, 0.5) is 0 Å². The number of methoxy groups -OCH3 is 2. The molecule has 170 valence electrons. The maximum Gasteiger partial charge on any atom is 0.254 e. The lowest BCUT2D eigenvalue weighted by molar-refractivity contribution is -0.139. The summed E-state index contributed by atoms with van der Waals surface area (Å²) in [5.41, 5.74) is 5.30. The third-order valence-electron chi connectivity index (χ3n) is 7.20. The summed E-state index contributed by atoms with van der Waals surface area (Å²) < 4.78 is 11.7. The fraction of sp³-hybridized carbons (Fsp3) is 0.222. The van der Waals surface area contributed by atoms with E-state index in [0.717, 1.165) is 30.8 Å². The van der Waals surface area contributed by atoms with E-state index >= 15 is 0 Å². The monoisotopic (exact) mass is 564 g/mol. The van der Waals surface area contributed by atoms with Gasteiger partial charge in [0.05, 0.1) is 35.8 Å². The summed E-state index contributed by atoms with van der Waals surface area (Å²) in [4.78, 5) is 27.2. The predicted molar refractivity (Wildman–Crippen MR) is 135 cm³/mol. The Morgan fingerprint density at radius 1 is 0.824 bits per heavy atom. The molecule has 3 aliphatic carbocycles. The first-order chi connectivity index (χ1) is 16.5. The van der Waals surface area contributed by atoms with E-state index in [1.807, 2.05) is 30.3 Å². The van der Waals surface area contributed by atoms with E-state index in [9.17, 15) is 9.59 Å². The fourth-order valence-corrected chi connectivity index (χ4v) is 6.76. The first-order valence-corrected chi connectivity index (χ1v) is 12.1. The van der Waals surface area contributed by atoms with Crippen LogP contribution in [0.15, 0.2) is 65.8 Å². The standard InChI is InChI=1S/C27H21IN2O4/c1-33-20-12-14(11-19(28)25(20)34-2)13-29-30-26(31)23-21-15-7-3-4-8-16(15)22(24(23)27(30)32)18-10-6-5-9-17(18)21/h3-13,21-24H,1-2H3/b29-13-/t21?,22?,23-,24-/m1/s1. The Kier molecular flexibility index (Phi) is 4.98. The van der Waals surface area contributed by atoms with Crippen molar-refractivity contribution in [2.45, 2.75) is 11.8 Å². The van der Waals surface area contributed by atoms with Crippen molar-refractivity contribution in [1.29, 1.82) is 0 Å². The van der Waals surface area contributed by atoms with Gasteiger partial charge in [-0.15, -0.1) is 0 Å². The van der Waals surface area contributed by atoms with Gasteiger partial charge in [-0.1, -0.05) is 48.5 Å². The third-order valence-corrected chi connectivity index (χ3v) is 8.00. The van der Waals surface area contributed by atoms with Gasteiger partial charge in [-0.2, -0.15) is 10.1 Å². The van der Waals surface area contributed by atoms with Crippen molar-refractivity contribution in [3.05, 3.63) is 92.1 Å². The molecule has 1 fully saturated rings. The molecule has 2 atom stereocenters. The number of imide groups is 1. The SMILES string of the molecule is COc1cc(/C=N\N2C(=O)[C@@H]3C4c5ccccc5C(c5ccccc54)[C@H]3C2=O)cc(I)c1OC. The van der Waals surface area contributed by atoms with Gasteiger partial charge in [-0.3, -0.25) is 9.59 Å². The smallest absolute Gasteiger partial charge is 0.254 e. The first kappa shape index (κ1) is 21.3. The minimum absolute atomic E-state index is 0.138. The number of carbonyl (C=O) groups excluding carboxylic acids is 2. The lowest BCUT2D eigenvalue weighted by atomic mass is 9.55. The quantitative estimate of drug-likeness (QED) is 0.265. The highest BCUT2D eigenvalue weighted by Gasteiger charge is 2.61. The van der Waals surface area contributed by atoms with Gasteiger partial charge in [-0.25, -0.2) is 0 Å². The number of carbonyl (C=O) groups is 2. The second-order valence-corrected chi connectivity index (χ2v) is 9.90. The van der Waals surface area contributed by atoms with Gasteiger partial charge in [0.25, 0.3) is 11.8 Å². The third kappa shape index (κ3) is 2.89. The van der Waals surface area contributed by atoms with Gasteiger partial charge in [-0.05, 0) is 62.5 Å². The summed E-state index contributed by atoms with van der Waals surface area (Å²) in [7, 11) is 3.15. The van der Waals surface area contributed by atoms with Crippen LogP contribution in [0, 0.1) is 15.4 Å². The second-order valence-electron chi connectivity index (χ2n) is 8.74. The molecule has 6 nitrogen and oxygen atoms in total. The van der Waals surface area contributed by atoms with Crippen LogP contribution in [0.2, 0.25) is 0 Å². The van der Waals surface area contributed by atoms with Crippen molar-refractivity contribution < 1.29 is 19.1 Å². The van der Waals surface area contributed by atoms with Crippen LogP contribution in [0.5, 0.6) is 11.5 Å². The molecule has 0 radical (unpaired) electrons. The number of rotatable bonds is 4. The minimum Gasteiger partial charge on any atom is -0.493 e. The Morgan fingerprint density at radius 2 is 1.32 bits per heavy atom. The van der Waals surface area contributed by atoms with Crippen molar-refractivity contribution >= 4 is 40.6 Å². The lowest BCUT2D eigenvalue weighted by Gasteiger charge is -2.45. The van der Waals surface area contributed by atoms with E-state index in [-0.39, 0.29) is 23.7 Å². The normalized spacial score (nSPS) is 24.3. The average Bonchev–Trinajstić information content (AvgIpc) is 3.12. The van der Waals surface area contributed by atoms with Crippen LogP contribution < -0.4 is 9.47 Å². The molecule has 1 heterocycles. The van der Waals surface area contributed by atoms with Crippen LogP contribution in [-0.4, -0.2) is 37.3 Å². The molecule has 2 amide bonds. The van der Waals surface area contributed by atoms with E-state index in [1.54, 1.807) is 26.5 Å². The zero-order valence-electron chi connectivity index (χ0n) is 18.6. The van der Waals surface area contributed by atoms with Gasteiger partial charge < -0.3 is 9.47 Å². The highest BCUT2D eigenvalue weighted by Crippen LogP contribution is 2.60. The van der Waals surface area contributed by atoms with Gasteiger partial charge in [0.15, 0.2) is 11.5 Å². The van der Waals surface area contributed by atoms with E-state index < -0.39 is 11.8 Å². The molecule has 34 heavy (non-hydrogen) atoms. The van der Waals surface area contributed by atoms with Crippen LogP contribution in [-0.2, 0) is 9.59 Å². The van der Waals surface area contributed by atoms with Gasteiger partial charge in [0.1, 0.15) is 0 Å². The van der Waals surface area contributed by atoms with Crippen molar-refractivity contribution in [3.8, 4) is 11.5 Å². The number of benzene rings is 3. The Bertz CT molecular complexity index is 1270. The number of amides is 2. The molecule has 3 aromatic carbocycles. The lowest BCUT2D eigenvalue weighted by Crippen LogP contribution is -2.41. The van der Waals surface area contributed by atoms with Crippen molar-refractivity contribution in [3.63, 3.8) is 0 Å². The van der Waals surface area contributed by atoms with E-state index in [2.05, 4.69) is 52.0 Å². The number of ether oxygens (including phenoxy) is 2. The van der Waals surface area contributed by atoms with Crippen LogP contribution >= 0.6 is 22.6 Å². The van der Waals surface area contributed by atoms with E-state index in [4.69, 9.17) is 9.47 Å². The highest BCUT2D eigenvalue weighted by molar-refractivity contribution is 14.1. The zero-order chi connectivity index (χ0) is 23.6. The molecule has 0 aromatic heterocycles. The molecule has 0 N–H and O–H groups in total. The van der Waals surface area contributed by atoms with Crippen molar-refractivity contribution in [2.24, 2.45) is 16.9 Å². The summed E-state index contributed by atoms with van der Waals surface area (Å²) in [6, 6.07) is 20.0. The van der Waals surface area contributed by atoms with Crippen LogP contribution in [0.3, 0.4) is 0 Å². The van der Waals surface area contributed by atoms with Gasteiger partial charge >= 0.3 is 0 Å². The maximum atomic E-state index is 13.6. The molecule has 1 saturated heterocycles. The summed E-state index contributed by atoms with van der Waals surface area (Å²) in [6.07, 6.45) is 1.54. The first-order valence-electron chi connectivity index (χ1n) is 11.1. The summed E-state index contributed by atoms with van der Waals surface area (Å²) in [6.45, 7) is 0. The number of hydrogen-bond donors (Lipinski definition) is 0. The van der Waals surface area contributed by atoms with Crippen molar-refractivity contribution in [1.82, 2.24) is 5.01 Å². The van der Waals surface area contributed by atoms with E-state index in [1.165, 1.54) is 0 Å². The number of hydrazone groups is 1. The van der Waals surface area contributed by atoms with Gasteiger partial charge in [0.2, 0.25) is 0 Å². The summed E-state index contributed by atoms with van der Waals surface area (Å²) in [5, 5.41) is 5.46. The average molecular weight is 564 g/mol. The highest BCUT2D eigenvalue weighted by atomic mass is 127. The Morgan fingerprint density at radius 3 is 1.76 bits per heavy atom. The zero-order valence-corrected chi connectivity index (χ0v) is 20.7.